The van der Waals surface area contributed by atoms with E-state index in [1.165, 1.54) is 6.07 Å². The summed E-state index contributed by atoms with van der Waals surface area (Å²) in [6, 6.07) is 10.1. The summed E-state index contributed by atoms with van der Waals surface area (Å²) in [4.78, 5) is 0. The van der Waals surface area contributed by atoms with Crippen molar-refractivity contribution in [1.29, 1.82) is 0 Å². The van der Waals surface area contributed by atoms with Crippen LogP contribution in [0.25, 0.3) is 17.1 Å². The lowest BCUT2D eigenvalue weighted by molar-refractivity contribution is 0.324. The minimum Gasteiger partial charge on any atom is -0.493 e. The van der Waals surface area contributed by atoms with Crippen molar-refractivity contribution < 1.29 is 18.6 Å². The summed E-state index contributed by atoms with van der Waals surface area (Å²) in [7, 11) is 4.64. The van der Waals surface area contributed by atoms with Crippen molar-refractivity contribution in [2.45, 2.75) is 30.7 Å². The van der Waals surface area contributed by atoms with Crippen LogP contribution < -0.4 is 14.2 Å². The minimum atomic E-state index is -0.355. The molecule has 6 nitrogen and oxygen atoms in total. The van der Waals surface area contributed by atoms with Crippen molar-refractivity contribution >= 4 is 11.8 Å². The van der Waals surface area contributed by atoms with Gasteiger partial charge in [0.15, 0.2) is 22.5 Å². The van der Waals surface area contributed by atoms with Crippen molar-refractivity contribution in [3.63, 3.8) is 0 Å². The molecule has 3 rings (SSSR count). The van der Waals surface area contributed by atoms with Gasteiger partial charge in [-0.1, -0.05) is 37.7 Å². The highest BCUT2D eigenvalue weighted by molar-refractivity contribution is 7.99. The number of rotatable bonds is 8. The molecule has 0 saturated carbocycles. The largest absolute Gasteiger partial charge is 0.493 e. The molecule has 0 fully saturated rings. The molecule has 1 aromatic heterocycles. The Morgan fingerprint density at radius 2 is 1.69 bits per heavy atom. The first-order valence-electron chi connectivity index (χ1n) is 9.21. The molecule has 0 spiro atoms. The highest BCUT2D eigenvalue weighted by atomic mass is 32.2. The Labute approximate surface area is 174 Å². The van der Waals surface area contributed by atoms with Gasteiger partial charge < -0.3 is 14.2 Å². The first-order chi connectivity index (χ1) is 14.0. The summed E-state index contributed by atoms with van der Waals surface area (Å²) in [6.45, 7) is 4.20. The van der Waals surface area contributed by atoms with Gasteiger partial charge in [0.25, 0.3) is 0 Å². The van der Waals surface area contributed by atoms with Crippen molar-refractivity contribution in [2.24, 2.45) is 0 Å². The lowest BCUT2D eigenvalue weighted by Gasteiger charge is -2.16. The Morgan fingerprint density at radius 3 is 2.24 bits per heavy atom. The van der Waals surface area contributed by atoms with E-state index in [-0.39, 0.29) is 5.82 Å². The lowest BCUT2D eigenvalue weighted by atomic mass is 10.1. The van der Waals surface area contributed by atoms with Crippen LogP contribution in [0.15, 0.2) is 41.6 Å². The fourth-order valence-corrected chi connectivity index (χ4v) is 3.76. The average Bonchev–Trinajstić information content (AvgIpc) is 3.15. The molecular weight excluding hydrogens is 393 g/mol. The van der Waals surface area contributed by atoms with Crippen molar-refractivity contribution in [3.8, 4) is 34.3 Å². The van der Waals surface area contributed by atoms with Gasteiger partial charge in [0.05, 0.1) is 27.0 Å². The summed E-state index contributed by atoms with van der Waals surface area (Å²) >= 11 is 1.55. The van der Waals surface area contributed by atoms with Crippen molar-refractivity contribution in [3.05, 3.63) is 42.2 Å². The fraction of sp³-hybridized carbons (Fsp3) is 0.333. The Hall–Kier alpha value is -2.74. The Balaban J connectivity index is 2.24. The third-order valence-electron chi connectivity index (χ3n) is 4.53. The zero-order chi connectivity index (χ0) is 21.0. The van der Waals surface area contributed by atoms with Gasteiger partial charge >= 0.3 is 0 Å². The number of halogens is 1. The van der Waals surface area contributed by atoms with Gasteiger partial charge in [0.1, 0.15) is 5.82 Å². The highest BCUT2D eigenvalue weighted by Gasteiger charge is 2.23. The van der Waals surface area contributed by atoms with E-state index in [1.54, 1.807) is 68.0 Å². The normalized spacial score (nSPS) is 11.9. The van der Waals surface area contributed by atoms with E-state index in [0.717, 1.165) is 6.42 Å². The first kappa shape index (κ1) is 21.0. The van der Waals surface area contributed by atoms with E-state index in [2.05, 4.69) is 24.0 Å². The van der Waals surface area contributed by atoms with Crippen LogP contribution in [-0.4, -0.2) is 41.3 Å². The number of thioether (sulfide) groups is 1. The van der Waals surface area contributed by atoms with Gasteiger partial charge in [0.2, 0.25) is 5.75 Å². The molecule has 1 heterocycles. The van der Waals surface area contributed by atoms with Crippen molar-refractivity contribution in [1.82, 2.24) is 14.8 Å². The predicted molar refractivity (Wildman–Crippen MR) is 112 cm³/mol. The van der Waals surface area contributed by atoms with Gasteiger partial charge in [0, 0.05) is 10.8 Å². The molecule has 0 amide bonds. The SMILES string of the molecule is CCC(C)Sc1nnc(-c2cc(OC)c(OC)c(OC)c2)n1-c1ccccc1F. The van der Waals surface area contributed by atoms with Gasteiger partial charge in [-0.15, -0.1) is 10.2 Å². The number of ether oxygens (including phenoxy) is 3. The third kappa shape index (κ3) is 4.17. The molecule has 29 heavy (non-hydrogen) atoms. The summed E-state index contributed by atoms with van der Waals surface area (Å²) < 4.78 is 32.7. The van der Waals surface area contributed by atoms with E-state index >= 15 is 0 Å². The summed E-state index contributed by atoms with van der Waals surface area (Å²) in [5, 5.41) is 9.64. The molecule has 0 aliphatic heterocycles. The molecule has 0 N–H and O–H groups in total. The molecule has 3 aromatic rings. The summed E-state index contributed by atoms with van der Waals surface area (Å²) in [5.74, 6) is 1.58. The lowest BCUT2D eigenvalue weighted by Crippen LogP contribution is -2.05. The summed E-state index contributed by atoms with van der Waals surface area (Å²) in [5.41, 5.74) is 1.05. The molecule has 154 valence electrons. The molecule has 8 heteroatoms. The smallest absolute Gasteiger partial charge is 0.203 e. The van der Waals surface area contributed by atoms with Crippen LogP contribution in [0.1, 0.15) is 20.3 Å². The van der Waals surface area contributed by atoms with Crippen LogP contribution in [0.4, 0.5) is 4.39 Å². The zero-order valence-corrected chi connectivity index (χ0v) is 17.9. The predicted octanol–water partition coefficient (Wildman–Crippen LogP) is 4.99. The second-order valence-corrected chi connectivity index (χ2v) is 7.75. The van der Waals surface area contributed by atoms with Crippen molar-refractivity contribution in [2.75, 3.05) is 21.3 Å². The number of aromatic nitrogens is 3. The Bertz CT molecular complexity index is 968. The molecule has 1 atom stereocenters. The van der Waals surface area contributed by atoms with Gasteiger partial charge in [-0.05, 0) is 30.7 Å². The number of nitrogens with zero attached hydrogens (tertiary/aromatic N) is 3. The molecule has 2 aromatic carbocycles. The molecule has 0 aliphatic rings. The summed E-state index contributed by atoms with van der Waals surface area (Å²) in [6.07, 6.45) is 0.953. The van der Waals surface area contributed by atoms with E-state index < -0.39 is 0 Å². The van der Waals surface area contributed by atoms with Crippen LogP contribution in [-0.2, 0) is 0 Å². The van der Waals surface area contributed by atoms with Gasteiger partial charge in [-0.25, -0.2) is 4.39 Å². The van der Waals surface area contributed by atoms with E-state index in [1.807, 2.05) is 0 Å². The standard InChI is InChI=1S/C21H24FN3O3S/c1-6-13(2)29-21-24-23-20(25(21)16-10-8-7-9-15(16)22)14-11-17(26-3)19(28-5)18(12-14)27-4/h7-13H,6H2,1-5H3. The zero-order valence-electron chi connectivity index (χ0n) is 17.1. The maximum absolute atomic E-state index is 14.7. The van der Waals surface area contributed by atoms with Crippen LogP contribution in [0, 0.1) is 5.82 Å². The number of hydrogen-bond donors (Lipinski definition) is 0. The Morgan fingerprint density at radius 1 is 1.03 bits per heavy atom. The van der Waals surface area contributed by atoms with E-state index in [4.69, 9.17) is 14.2 Å². The van der Waals surface area contributed by atoms with Crippen LogP contribution in [0.3, 0.4) is 0 Å². The minimum absolute atomic E-state index is 0.303. The van der Waals surface area contributed by atoms with E-state index in [9.17, 15) is 4.39 Å². The molecule has 0 radical (unpaired) electrons. The monoisotopic (exact) mass is 417 g/mol. The topological polar surface area (TPSA) is 58.4 Å². The third-order valence-corrected chi connectivity index (χ3v) is 5.74. The second-order valence-electron chi connectivity index (χ2n) is 6.34. The molecule has 0 saturated heterocycles. The maximum Gasteiger partial charge on any atom is 0.203 e. The van der Waals surface area contributed by atoms with Gasteiger partial charge in [-0.3, -0.25) is 4.57 Å². The number of benzene rings is 2. The second kappa shape index (κ2) is 9.17. The quantitative estimate of drug-likeness (QED) is 0.481. The van der Waals surface area contributed by atoms with Crippen LogP contribution >= 0.6 is 11.8 Å². The van der Waals surface area contributed by atoms with Crippen LogP contribution in [0.2, 0.25) is 0 Å². The maximum atomic E-state index is 14.7. The first-order valence-corrected chi connectivity index (χ1v) is 10.1. The number of hydrogen-bond acceptors (Lipinski definition) is 6. The molecular formula is C21H24FN3O3S. The molecule has 1 unspecified atom stereocenters. The molecule has 0 aliphatic carbocycles. The number of methoxy groups -OCH3 is 3. The fourth-order valence-electron chi connectivity index (χ4n) is 2.86. The van der Waals surface area contributed by atoms with Crippen LogP contribution in [0.5, 0.6) is 17.2 Å². The molecule has 0 bridgehead atoms. The Kier molecular flexibility index (Phi) is 6.64. The highest BCUT2D eigenvalue weighted by Crippen LogP contribution is 2.42. The van der Waals surface area contributed by atoms with Gasteiger partial charge in [-0.2, -0.15) is 0 Å². The average molecular weight is 418 g/mol. The number of para-hydroxylation sites is 1. The van der Waals surface area contributed by atoms with E-state index in [0.29, 0.717) is 44.7 Å².